The molecule has 0 amide bonds. The van der Waals surface area contributed by atoms with E-state index in [9.17, 15) is 0 Å². The molecule has 28 heavy (non-hydrogen) atoms. The second-order valence-electron chi connectivity index (χ2n) is 8.90. The van der Waals surface area contributed by atoms with Gasteiger partial charge >= 0.3 is 0 Å². The number of likely N-dealkylation sites (tertiary alicyclic amines) is 3. The Labute approximate surface area is 190 Å². The summed E-state index contributed by atoms with van der Waals surface area (Å²) in [6.07, 6.45) is 13.8. The Morgan fingerprint density at radius 1 is 0.857 bits per heavy atom. The van der Waals surface area contributed by atoms with Gasteiger partial charge in [-0.05, 0) is 83.6 Å². The summed E-state index contributed by atoms with van der Waals surface area (Å²) in [5, 5.41) is 3.62. The average molecular weight is 506 g/mol. The first kappa shape index (κ1) is 24.2. The van der Waals surface area contributed by atoms with Gasteiger partial charge in [0, 0.05) is 33.2 Å². The van der Waals surface area contributed by atoms with Crippen LogP contribution < -0.4 is 5.32 Å². The lowest BCUT2D eigenvalue weighted by Gasteiger charge is -2.29. The molecule has 0 aromatic carbocycles. The summed E-state index contributed by atoms with van der Waals surface area (Å²) in [5.41, 5.74) is 0. The molecule has 1 unspecified atom stereocenters. The van der Waals surface area contributed by atoms with Crippen LogP contribution in [0, 0.1) is 5.92 Å². The van der Waals surface area contributed by atoms with Crippen LogP contribution in [0.3, 0.4) is 0 Å². The number of rotatable bonds is 8. The van der Waals surface area contributed by atoms with E-state index < -0.39 is 0 Å². The highest BCUT2D eigenvalue weighted by molar-refractivity contribution is 14.0. The van der Waals surface area contributed by atoms with Crippen LogP contribution in [-0.4, -0.2) is 86.6 Å². The second-order valence-corrected chi connectivity index (χ2v) is 8.90. The highest BCUT2D eigenvalue weighted by atomic mass is 127. The van der Waals surface area contributed by atoms with Gasteiger partial charge in [0.05, 0.1) is 0 Å². The largest absolute Gasteiger partial charge is 0.356 e. The first-order chi connectivity index (χ1) is 13.3. The number of aliphatic imine (C=N–C) groups is 1. The van der Waals surface area contributed by atoms with Gasteiger partial charge in [0.15, 0.2) is 5.96 Å². The molecule has 0 aliphatic carbocycles. The molecule has 3 heterocycles. The Morgan fingerprint density at radius 3 is 2.21 bits per heavy atom. The van der Waals surface area contributed by atoms with E-state index >= 15 is 0 Å². The van der Waals surface area contributed by atoms with Crippen LogP contribution in [0.2, 0.25) is 0 Å². The van der Waals surface area contributed by atoms with Crippen LogP contribution in [-0.2, 0) is 0 Å². The van der Waals surface area contributed by atoms with Gasteiger partial charge in [-0.3, -0.25) is 4.99 Å². The van der Waals surface area contributed by atoms with Gasteiger partial charge in [-0.1, -0.05) is 19.3 Å². The Kier molecular flexibility index (Phi) is 12.1. The monoisotopic (exact) mass is 505 g/mol. The second kappa shape index (κ2) is 14.0. The minimum absolute atomic E-state index is 0. The molecular weight excluding hydrogens is 461 g/mol. The zero-order valence-electron chi connectivity index (χ0n) is 18.2. The van der Waals surface area contributed by atoms with E-state index in [0.717, 1.165) is 18.4 Å². The van der Waals surface area contributed by atoms with Crippen LogP contribution >= 0.6 is 24.0 Å². The Morgan fingerprint density at radius 2 is 1.54 bits per heavy atom. The molecule has 3 rings (SSSR count). The van der Waals surface area contributed by atoms with Crippen LogP contribution in [0.15, 0.2) is 4.99 Å². The topological polar surface area (TPSA) is 34.1 Å². The third-order valence-electron chi connectivity index (χ3n) is 6.65. The molecule has 0 radical (unpaired) electrons. The van der Waals surface area contributed by atoms with Crippen molar-refractivity contribution in [3.05, 3.63) is 0 Å². The molecule has 0 bridgehead atoms. The van der Waals surface area contributed by atoms with E-state index in [1.165, 1.54) is 117 Å². The Bertz CT molecular complexity index is 433. The van der Waals surface area contributed by atoms with E-state index in [2.05, 4.69) is 25.0 Å². The number of hydrogen-bond donors (Lipinski definition) is 1. The zero-order valence-corrected chi connectivity index (χ0v) is 20.5. The van der Waals surface area contributed by atoms with E-state index in [1.807, 2.05) is 7.05 Å². The maximum absolute atomic E-state index is 4.55. The lowest BCUT2D eigenvalue weighted by atomic mass is 10.1. The number of halogens is 1. The number of hydrogen-bond acceptors (Lipinski definition) is 3. The molecule has 0 aromatic heterocycles. The van der Waals surface area contributed by atoms with Gasteiger partial charge in [-0.2, -0.15) is 0 Å². The van der Waals surface area contributed by atoms with E-state index in [4.69, 9.17) is 0 Å². The fourth-order valence-corrected chi connectivity index (χ4v) is 5.03. The molecule has 3 aliphatic heterocycles. The predicted octanol–water partition coefficient (Wildman–Crippen LogP) is 3.64. The Hall–Kier alpha value is -0.0800. The molecule has 0 spiro atoms. The lowest BCUT2D eigenvalue weighted by Crippen LogP contribution is -2.41. The third-order valence-corrected chi connectivity index (χ3v) is 6.65. The van der Waals surface area contributed by atoms with Crippen LogP contribution in [0.4, 0.5) is 0 Å². The average Bonchev–Trinajstić information content (AvgIpc) is 3.17. The van der Waals surface area contributed by atoms with E-state index in [-0.39, 0.29) is 24.0 Å². The first-order valence-corrected chi connectivity index (χ1v) is 11.8. The van der Waals surface area contributed by atoms with Gasteiger partial charge in [0.25, 0.3) is 0 Å². The molecule has 1 N–H and O–H groups in total. The SMILES string of the molecule is CN=C(NCCCCCN1CCCCC1)N1CCC(CN2CCCCC2)C1.I. The highest BCUT2D eigenvalue weighted by Crippen LogP contribution is 2.20. The van der Waals surface area contributed by atoms with Crippen molar-refractivity contribution in [2.45, 2.75) is 64.2 Å². The highest BCUT2D eigenvalue weighted by Gasteiger charge is 2.26. The fraction of sp³-hybridized carbons (Fsp3) is 0.955. The number of nitrogens with one attached hydrogen (secondary N) is 1. The third kappa shape index (κ3) is 8.34. The van der Waals surface area contributed by atoms with Gasteiger partial charge in [-0.15, -0.1) is 24.0 Å². The molecule has 0 aromatic rings. The normalized spacial score (nSPS) is 25.0. The molecule has 164 valence electrons. The van der Waals surface area contributed by atoms with Crippen molar-refractivity contribution in [3.8, 4) is 0 Å². The van der Waals surface area contributed by atoms with Crippen molar-refractivity contribution in [2.24, 2.45) is 10.9 Å². The van der Waals surface area contributed by atoms with Gasteiger partial charge in [0.1, 0.15) is 0 Å². The number of piperidine rings is 2. The van der Waals surface area contributed by atoms with Crippen molar-refractivity contribution in [3.63, 3.8) is 0 Å². The van der Waals surface area contributed by atoms with Crippen molar-refractivity contribution in [2.75, 3.05) is 66.0 Å². The quantitative estimate of drug-likeness (QED) is 0.237. The molecule has 6 heteroatoms. The number of unbranched alkanes of at least 4 members (excludes halogenated alkanes) is 2. The fourth-order valence-electron chi connectivity index (χ4n) is 5.03. The maximum atomic E-state index is 4.55. The predicted molar refractivity (Wildman–Crippen MR) is 131 cm³/mol. The summed E-state index contributed by atoms with van der Waals surface area (Å²) in [6, 6.07) is 0. The van der Waals surface area contributed by atoms with Crippen molar-refractivity contribution >= 4 is 29.9 Å². The number of nitrogens with zero attached hydrogens (tertiary/aromatic N) is 4. The van der Waals surface area contributed by atoms with Crippen LogP contribution in [0.25, 0.3) is 0 Å². The molecule has 0 saturated carbocycles. The summed E-state index contributed by atoms with van der Waals surface area (Å²) in [7, 11) is 1.94. The smallest absolute Gasteiger partial charge is 0.193 e. The molecule has 5 nitrogen and oxygen atoms in total. The molecule has 3 aliphatic rings. The van der Waals surface area contributed by atoms with Gasteiger partial charge < -0.3 is 20.0 Å². The van der Waals surface area contributed by atoms with E-state index in [1.54, 1.807) is 0 Å². The standard InChI is InChI=1S/C22H43N5.HI/c1-23-22(24-12-5-2-6-13-25-14-7-3-8-15-25)27-18-11-21(20-27)19-26-16-9-4-10-17-26;/h21H,2-20H2,1H3,(H,23,24);1H. The van der Waals surface area contributed by atoms with Crippen LogP contribution in [0.1, 0.15) is 64.2 Å². The maximum Gasteiger partial charge on any atom is 0.193 e. The zero-order chi connectivity index (χ0) is 18.7. The summed E-state index contributed by atoms with van der Waals surface area (Å²) >= 11 is 0. The minimum atomic E-state index is 0. The first-order valence-electron chi connectivity index (χ1n) is 11.8. The van der Waals surface area contributed by atoms with Crippen LogP contribution in [0.5, 0.6) is 0 Å². The lowest BCUT2D eigenvalue weighted by molar-refractivity contribution is 0.198. The van der Waals surface area contributed by atoms with E-state index in [0.29, 0.717) is 0 Å². The van der Waals surface area contributed by atoms with Crippen molar-refractivity contribution in [1.82, 2.24) is 20.0 Å². The van der Waals surface area contributed by atoms with Gasteiger partial charge in [0.2, 0.25) is 0 Å². The summed E-state index contributed by atoms with van der Waals surface area (Å²) in [4.78, 5) is 12.4. The summed E-state index contributed by atoms with van der Waals surface area (Å²) in [6.45, 7) is 11.3. The van der Waals surface area contributed by atoms with Gasteiger partial charge in [-0.25, -0.2) is 0 Å². The Balaban J connectivity index is 0.00000280. The molecular formula is C22H44IN5. The minimum Gasteiger partial charge on any atom is -0.356 e. The number of guanidine groups is 1. The molecule has 3 saturated heterocycles. The molecule has 3 fully saturated rings. The van der Waals surface area contributed by atoms with Crippen molar-refractivity contribution in [1.29, 1.82) is 0 Å². The molecule has 1 atom stereocenters. The summed E-state index contributed by atoms with van der Waals surface area (Å²) in [5.74, 6) is 1.96. The van der Waals surface area contributed by atoms with Crippen molar-refractivity contribution < 1.29 is 0 Å². The summed E-state index contributed by atoms with van der Waals surface area (Å²) < 4.78 is 0.